The van der Waals surface area contributed by atoms with Gasteiger partial charge in [0.05, 0.1) is 6.42 Å². The second kappa shape index (κ2) is 6.94. The lowest BCUT2D eigenvalue weighted by molar-refractivity contribution is -0.201. The van der Waals surface area contributed by atoms with E-state index in [0.29, 0.717) is 16.3 Å². The van der Waals surface area contributed by atoms with Crippen LogP contribution < -0.4 is 5.32 Å². The van der Waals surface area contributed by atoms with Crippen LogP contribution >= 0.6 is 23.4 Å². The number of amides is 2. The van der Waals surface area contributed by atoms with Gasteiger partial charge in [0.2, 0.25) is 5.91 Å². The number of nitrogens with one attached hydrogen (secondary N) is 1. The number of carboxylic acid groups (broad SMARTS) is 1. The lowest BCUT2D eigenvalue weighted by atomic mass is 9.94. The Kier molecular flexibility index (Phi) is 5.01. The lowest BCUT2D eigenvalue weighted by Crippen LogP contribution is -2.83. The monoisotopic (exact) mass is 396 g/mol. The first-order valence-corrected chi connectivity index (χ1v) is 9.18. The first-order chi connectivity index (χ1) is 12.3. The summed E-state index contributed by atoms with van der Waals surface area (Å²) in [5.41, 5.74) is -0.401. The van der Waals surface area contributed by atoms with Gasteiger partial charge in [-0.25, -0.2) is 4.79 Å². The molecule has 3 rings (SSSR count). The molecule has 0 radical (unpaired) electrons. The molecule has 0 aliphatic carbocycles. The third-order valence-electron chi connectivity index (χ3n) is 4.40. The van der Waals surface area contributed by atoms with Gasteiger partial charge in [0, 0.05) is 17.9 Å². The van der Waals surface area contributed by atoms with Crippen molar-refractivity contribution in [3.63, 3.8) is 0 Å². The fourth-order valence-corrected chi connectivity index (χ4v) is 4.66. The third-order valence-corrected chi connectivity index (χ3v) is 6.07. The van der Waals surface area contributed by atoms with Crippen LogP contribution in [0.25, 0.3) is 0 Å². The Morgan fingerprint density at radius 2 is 2.12 bits per heavy atom. The smallest absolute Gasteiger partial charge is 0.330 e. The number of nitrogens with zero attached hydrogens (tertiary/aromatic N) is 1. The van der Waals surface area contributed by atoms with Gasteiger partial charge in [-0.1, -0.05) is 30.3 Å². The van der Waals surface area contributed by atoms with Crippen LogP contribution in [0.1, 0.15) is 5.56 Å². The summed E-state index contributed by atoms with van der Waals surface area (Å²) in [6, 6.07) is 5.68. The molecule has 1 aromatic rings. The molecule has 2 N–H and O–H groups in total. The Morgan fingerprint density at radius 3 is 2.69 bits per heavy atom. The number of β-lactam (4-membered cyclic amide) rings is 1. The highest BCUT2D eigenvalue weighted by Gasteiger charge is 2.67. The number of carbonyl (C=O) groups excluding carboxylic acids is 2. The van der Waals surface area contributed by atoms with Crippen LogP contribution in [0, 0.1) is 0 Å². The van der Waals surface area contributed by atoms with Gasteiger partial charge >= 0.3 is 5.97 Å². The summed E-state index contributed by atoms with van der Waals surface area (Å²) < 4.78 is 5.36. The quantitative estimate of drug-likeness (QED) is 0.442. The fourth-order valence-electron chi connectivity index (χ4n) is 3.13. The molecule has 7 nitrogen and oxygen atoms in total. The summed E-state index contributed by atoms with van der Waals surface area (Å²) in [4.78, 5) is 37.8. The van der Waals surface area contributed by atoms with Gasteiger partial charge in [-0.05, 0) is 23.3 Å². The van der Waals surface area contributed by atoms with E-state index in [1.807, 2.05) is 0 Å². The molecule has 138 valence electrons. The molecule has 2 saturated heterocycles. The predicted octanol–water partition coefficient (Wildman–Crippen LogP) is 1.27. The number of thioether (sulfide) groups is 1. The summed E-state index contributed by atoms with van der Waals surface area (Å²) in [6.07, 6.45) is 0.0437. The molecular weight excluding hydrogens is 380 g/mol. The average molecular weight is 397 g/mol. The minimum absolute atomic E-state index is 0.0437. The predicted molar refractivity (Wildman–Crippen MR) is 96.7 cm³/mol. The second-order valence-electron chi connectivity index (χ2n) is 6.07. The molecule has 1 aromatic carbocycles. The van der Waals surface area contributed by atoms with E-state index in [1.54, 1.807) is 24.3 Å². The van der Waals surface area contributed by atoms with Crippen molar-refractivity contribution in [3.05, 3.63) is 47.0 Å². The summed E-state index contributed by atoms with van der Waals surface area (Å²) in [5, 5.41) is 12.0. The molecule has 9 heteroatoms. The number of methoxy groups -OCH3 is 1. The first-order valence-electron chi connectivity index (χ1n) is 7.75. The van der Waals surface area contributed by atoms with Gasteiger partial charge < -0.3 is 20.1 Å². The van der Waals surface area contributed by atoms with Gasteiger partial charge in [0.15, 0.2) is 6.04 Å². The Bertz CT molecular complexity index is 784. The number of benzene rings is 1. The highest BCUT2D eigenvalue weighted by atomic mass is 35.5. The topological polar surface area (TPSA) is 95.9 Å². The number of hydrogen-bond acceptors (Lipinski definition) is 5. The SMILES string of the molecule is C=C1CS[C@H]2N(C(=O)C2(NC(=O)Cc2ccc(Cl)cc2)OC)C1C(=O)O. The molecular formula is C17H17ClN2O5S. The van der Waals surface area contributed by atoms with Crippen molar-refractivity contribution in [3.8, 4) is 0 Å². The van der Waals surface area contributed by atoms with E-state index in [0.717, 1.165) is 5.56 Å². The van der Waals surface area contributed by atoms with E-state index in [9.17, 15) is 19.5 Å². The number of halogens is 1. The van der Waals surface area contributed by atoms with E-state index in [1.165, 1.54) is 23.8 Å². The zero-order valence-corrected chi connectivity index (χ0v) is 15.5. The van der Waals surface area contributed by atoms with Crippen molar-refractivity contribution in [2.24, 2.45) is 0 Å². The molecule has 2 fully saturated rings. The van der Waals surface area contributed by atoms with Gasteiger partial charge in [-0.15, -0.1) is 11.8 Å². The van der Waals surface area contributed by atoms with Crippen LogP contribution in [0.15, 0.2) is 36.4 Å². The Labute approximate surface area is 159 Å². The number of hydrogen-bond donors (Lipinski definition) is 2. The summed E-state index contributed by atoms with van der Waals surface area (Å²) >= 11 is 7.14. The molecule has 0 spiro atoms. The number of ether oxygens (including phenoxy) is 1. The van der Waals surface area contributed by atoms with Crippen molar-refractivity contribution < 1.29 is 24.2 Å². The summed E-state index contributed by atoms with van der Waals surface area (Å²) in [6.45, 7) is 3.73. The van der Waals surface area contributed by atoms with Crippen molar-refractivity contribution in [2.45, 2.75) is 23.6 Å². The number of fused-ring (bicyclic) bond motifs is 1. The number of aliphatic carboxylic acids is 1. The van der Waals surface area contributed by atoms with Gasteiger partial charge in [-0.2, -0.15) is 0 Å². The van der Waals surface area contributed by atoms with Crippen LogP contribution in [-0.4, -0.2) is 57.8 Å². The van der Waals surface area contributed by atoms with E-state index in [4.69, 9.17) is 16.3 Å². The van der Waals surface area contributed by atoms with Crippen molar-refractivity contribution >= 4 is 41.1 Å². The Balaban J connectivity index is 1.76. The van der Waals surface area contributed by atoms with Crippen LogP contribution in [0.5, 0.6) is 0 Å². The van der Waals surface area contributed by atoms with E-state index < -0.39 is 34.9 Å². The van der Waals surface area contributed by atoms with E-state index in [2.05, 4.69) is 11.9 Å². The lowest BCUT2D eigenvalue weighted by Gasteiger charge is -2.58. The summed E-state index contributed by atoms with van der Waals surface area (Å²) in [5.74, 6) is -1.77. The Hall–Kier alpha value is -2.03. The van der Waals surface area contributed by atoms with Crippen LogP contribution in [0.3, 0.4) is 0 Å². The van der Waals surface area contributed by atoms with E-state index >= 15 is 0 Å². The highest BCUT2D eigenvalue weighted by molar-refractivity contribution is 8.00. The minimum atomic E-state index is -1.57. The van der Waals surface area contributed by atoms with Gasteiger partial charge in [0.25, 0.3) is 11.6 Å². The number of carboxylic acids is 1. The molecule has 0 aromatic heterocycles. The molecule has 0 saturated carbocycles. The van der Waals surface area contributed by atoms with Gasteiger partial charge in [0.1, 0.15) is 5.37 Å². The molecule has 0 bridgehead atoms. The van der Waals surface area contributed by atoms with Crippen molar-refractivity contribution in [1.82, 2.24) is 10.2 Å². The largest absolute Gasteiger partial charge is 0.479 e. The summed E-state index contributed by atoms with van der Waals surface area (Å²) in [7, 11) is 1.32. The molecule has 2 amide bonds. The molecule has 2 aliphatic heterocycles. The van der Waals surface area contributed by atoms with Crippen molar-refractivity contribution in [2.75, 3.05) is 12.9 Å². The van der Waals surface area contributed by atoms with E-state index in [-0.39, 0.29) is 6.42 Å². The molecule has 2 heterocycles. The highest BCUT2D eigenvalue weighted by Crippen LogP contribution is 2.46. The normalized spacial score (nSPS) is 27.5. The Morgan fingerprint density at radius 1 is 1.46 bits per heavy atom. The van der Waals surface area contributed by atoms with Crippen LogP contribution in [0.2, 0.25) is 5.02 Å². The number of carbonyl (C=O) groups is 3. The van der Waals surface area contributed by atoms with Crippen LogP contribution in [0.4, 0.5) is 0 Å². The zero-order chi connectivity index (χ0) is 19.1. The minimum Gasteiger partial charge on any atom is -0.479 e. The first kappa shape index (κ1) is 18.8. The van der Waals surface area contributed by atoms with Gasteiger partial charge in [-0.3, -0.25) is 9.59 Å². The molecule has 2 aliphatic rings. The molecule has 3 atom stereocenters. The standard InChI is InChI=1S/C17H17ClN2O5S/c1-9-8-26-16-17(25-2,15(24)20(16)13(9)14(22)23)19-12(21)7-10-3-5-11(18)6-4-10/h3-6,13,16H,1,7-8H2,2H3,(H,19,21)(H,22,23)/t13?,16-,17?/m1/s1. The maximum absolute atomic E-state index is 12.7. The zero-order valence-electron chi connectivity index (χ0n) is 13.9. The third kappa shape index (κ3) is 2.98. The average Bonchev–Trinajstić information content (AvgIpc) is 2.60. The van der Waals surface area contributed by atoms with Crippen molar-refractivity contribution in [1.29, 1.82) is 0 Å². The maximum Gasteiger partial charge on any atom is 0.330 e. The molecule has 26 heavy (non-hydrogen) atoms. The maximum atomic E-state index is 12.7. The molecule has 2 unspecified atom stereocenters. The fraction of sp³-hybridized carbons (Fsp3) is 0.353. The number of rotatable bonds is 5. The van der Waals surface area contributed by atoms with Crippen LogP contribution in [-0.2, 0) is 25.5 Å². The second-order valence-corrected chi connectivity index (χ2v) is 7.57.